The molecule has 1 aromatic carbocycles. The minimum Gasteiger partial charge on any atom is -0.478 e. The Morgan fingerprint density at radius 3 is 2.95 bits per heavy atom. The first-order valence-electron chi connectivity index (χ1n) is 7.41. The Bertz CT molecular complexity index is 542. The molecule has 0 aliphatic carbocycles. The number of halogens is 1. The summed E-state index contributed by atoms with van der Waals surface area (Å²) in [5.41, 5.74) is 1.34. The lowest BCUT2D eigenvalue weighted by molar-refractivity contribution is -0.131. The number of nitrogens with zero attached hydrogens (tertiary/aromatic N) is 1. The summed E-state index contributed by atoms with van der Waals surface area (Å²) in [6, 6.07) is 5.44. The van der Waals surface area contributed by atoms with Crippen molar-refractivity contribution in [2.75, 3.05) is 6.54 Å². The van der Waals surface area contributed by atoms with Crippen LogP contribution in [-0.4, -0.2) is 28.6 Å². The number of piperidine rings is 1. The molecule has 2 unspecified atom stereocenters. The maximum atomic E-state index is 13.7. The second kappa shape index (κ2) is 6.85. The molecule has 4 heteroatoms. The highest BCUT2D eigenvalue weighted by Gasteiger charge is 2.24. The van der Waals surface area contributed by atoms with Crippen LogP contribution in [0.25, 0.3) is 6.08 Å². The summed E-state index contributed by atoms with van der Waals surface area (Å²) < 4.78 is 13.7. The normalized spacial score (nSPS) is 23.6. The monoisotopic (exact) mass is 291 g/mol. The molecule has 1 aliphatic heterocycles. The van der Waals surface area contributed by atoms with Gasteiger partial charge >= 0.3 is 5.97 Å². The molecule has 2 atom stereocenters. The Morgan fingerprint density at radius 1 is 1.48 bits per heavy atom. The molecule has 1 N–H and O–H groups in total. The zero-order valence-electron chi connectivity index (χ0n) is 12.6. The molecule has 0 radical (unpaired) electrons. The van der Waals surface area contributed by atoms with Crippen LogP contribution in [-0.2, 0) is 11.3 Å². The summed E-state index contributed by atoms with van der Waals surface area (Å²) in [4.78, 5) is 13.0. The zero-order valence-corrected chi connectivity index (χ0v) is 12.6. The molecule has 21 heavy (non-hydrogen) atoms. The highest BCUT2D eigenvalue weighted by Crippen LogP contribution is 2.25. The van der Waals surface area contributed by atoms with Gasteiger partial charge in [-0.15, -0.1) is 0 Å². The Labute approximate surface area is 125 Å². The maximum Gasteiger partial charge on any atom is 0.328 e. The van der Waals surface area contributed by atoms with E-state index < -0.39 is 11.8 Å². The second-order valence-electron chi connectivity index (χ2n) is 5.86. The number of hydrogen-bond acceptors (Lipinski definition) is 2. The minimum atomic E-state index is -1.07. The van der Waals surface area contributed by atoms with Gasteiger partial charge in [-0.25, -0.2) is 9.18 Å². The average molecular weight is 291 g/mol. The number of carbonyl (C=O) groups is 1. The average Bonchev–Trinajstić information content (AvgIpc) is 2.44. The first-order valence-corrected chi connectivity index (χ1v) is 7.41. The fraction of sp³-hybridized carbons (Fsp3) is 0.471. The molecule has 1 heterocycles. The maximum absolute atomic E-state index is 13.7. The van der Waals surface area contributed by atoms with E-state index in [1.54, 1.807) is 12.1 Å². The number of benzene rings is 1. The number of carboxylic acid groups (broad SMARTS) is 1. The third kappa shape index (κ3) is 4.14. The summed E-state index contributed by atoms with van der Waals surface area (Å²) in [5, 5.41) is 8.64. The first kappa shape index (κ1) is 15.7. The number of hydrogen-bond donors (Lipinski definition) is 1. The van der Waals surface area contributed by atoms with Gasteiger partial charge in [-0.1, -0.05) is 13.0 Å². The number of aliphatic carboxylic acids is 1. The molecule has 0 amide bonds. The predicted octanol–water partition coefficient (Wildman–Crippen LogP) is 3.54. The lowest BCUT2D eigenvalue weighted by atomic mass is 9.91. The molecular weight excluding hydrogens is 269 g/mol. The third-order valence-corrected chi connectivity index (χ3v) is 4.36. The SMILES string of the molecule is CC1CCCN(Cc2ccc(F)c(C=CC(=O)O)c2)C1C. The van der Waals surface area contributed by atoms with Crippen molar-refractivity contribution in [1.29, 1.82) is 0 Å². The van der Waals surface area contributed by atoms with Gasteiger partial charge in [-0.2, -0.15) is 0 Å². The molecule has 1 aromatic rings. The van der Waals surface area contributed by atoms with Gasteiger partial charge in [-0.05, 0) is 56.0 Å². The lowest BCUT2D eigenvalue weighted by Gasteiger charge is -2.38. The Morgan fingerprint density at radius 2 is 2.24 bits per heavy atom. The van der Waals surface area contributed by atoms with Crippen molar-refractivity contribution < 1.29 is 14.3 Å². The summed E-state index contributed by atoms with van der Waals surface area (Å²) in [6.45, 7) is 6.34. The highest BCUT2D eigenvalue weighted by atomic mass is 19.1. The van der Waals surface area contributed by atoms with Gasteiger partial charge < -0.3 is 5.11 Å². The van der Waals surface area contributed by atoms with E-state index in [-0.39, 0.29) is 0 Å². The van der Waals surface area contributed by atoms with Crippen LogP contribution < -0.4 is 0 Å². The molecule has 0 saturated carbocycles. The first-order chi connectivity index (χ1) is 9.97. The Kier molecular flexibility index (Phi) is 5.12. The Balaban J connectivity index is 2.13. The van der Waals surface area contributed by atoms with E-state index in [0.29, 0.717) is 17.5 Å². The van der Waals surface area contributed by atoms with Crippen molar-refractivity contribution in [1.82, 2.24) is 4.90 Å². The van der Waals surface area contributed by atoms with E-state index in [2.05, 4.69) is 18.7 Å². The van der Waals surface area contributed by atoms with Crippen LogP contribution in [0.3, 0.4) is 0 Å². The van der Waals surface area contributed by atoms with Gasteiger partial charge in [0.15, 0.2) is 0 Å². The van der Waals surface area contributed by atoms with E-state index >= 15 is 0 Å². The molecule has 0 spiro atoms. The molecule has 0 bridgehead atoms. The van der Waals surface area contributed by atoms with E-state index in [0.717, 1.165) is 24.7 Å². The second-order valence-corrected chi connectivity index (χ2v) is 5.86. The fourth-order valence-electron chi connectivity index (χ4n) is 2.86. The minimum absolute atomic E-state index is 0.326. The highest BCUT2D eigenvalue weighted by molar-refractivity contribution is 5.85. The van der Waals surface area contributed by atoms with Gasteiger partial charge in [-0.3, -0.25) is 4.90 Å². The van der Waals surface area contributed by atoms with Gasteiger partial charge in [0.2, 0.25) is 0 Å². The Hall–Kier alpha value is -1.68. The molecule has 2 rings (SSSR count). The van der Waals surface area contributed by atoms with E-state index in [4.69, 9.17) is 5.11 Å². The molecule has 1 fully saturated rings. The smallest absolute Gasteiger partial charge is 0.328 e. The largest absolute Gasteiger partial charge is 0.478 e. The van der Waals surface area contributed by atoms with E-state index in [9.17, 15) is 9.18 Å². The molecule has 3 nitrogen and oxygen atoms in total. The molecule has 114 valence electrons. The van der Waals surface area contributed by atoms with Crippen LogP contribution in [0.5, 0.6) is 0 Å². The topological polar surface area (TPSA) is 40.5 Å². The van der Waals surface area contributed by atoms with Crippen molar-refractivity contribution in [2.24, 2.45) is 5.92 Å². The van der Waals surface area contributed by atoms with Crippen LogP contribution in [0.2, 0.25) is 0 Å². The molecule has 1 saturated heterocycles. The standard InChI is InChI=1S/C17H22FNO2/c1-12-4-3-9-19(13(12)2)11-14-5-7-16(18)15(10-14)6-8-17(20)21/h5-8,10,12-13H,3-4,9,11H2,1-2H3,(H,20,21). The summed E-state index contributed by atoms with van der Waals surface area (Å²) in [5.74, 6) is -0.792. The van der Waals surface area contributed by atoms with Crippen molar-refractivity contribution >= 4 is 12.0 Å². The number of likely N-dealkylation sites (tertiary alicyclic amines) is 1. The van der Waals surface area contributed by atoms with Gasteiger partial charge in [0.1, 0.15) is 5.82 Å². The van der Waals surface area contributed by atoms with Gasteiger partial charge in [0.25, 0.3) is 0 Å². The van der Waals surface area contributed by atoms with Crippen LogP contribution >= 0.6 is 0 Å². The fourth-order valence-corrected chi connectivity index (χ4v) is 2.86. The molecule has 0 aromatic heterocycles. The van der Waals surface area contributed by atoms with Crippen molar-refractivity contribution in [2.45, 2.75) is 39.3 Å². The zero-order chi connectivity index (χ0) is 15.4. The number of carboxylic acids is 1. The molecule has 1 aliphatic rings. The van der Waals surface area contributed by atoms with E-state index in [1.165, 1.54) is 25.0 Å². The predicted molar refractivity (Wildman–Crippen MR) is 81.3 cm³/mol. The van der Waals surface area contributed by atoms with Crippen LogP contribution in [0.15, 0.2) is 24.3 Å². The van der Waals surface area contributed by atoms with E-state index in [1.807, 2.05) is 0 Å². The third-order valence-electron chi connectivity index (χ3n) is 4.36. The van der Waals surface area contributed by atoms with Crippen molar-refractivity contribution in [3.05, 3.63) is 41.2 Å². The summed E-state index contributed by atoms with van der Waals surface area (Å²) >= 11 is 0. The van der Waals surface area contributed by atoms with Gasteiger partial charge in [0.05, 0.1) is 0 Å². The van der Waals surface area contributed by atoms with Crippen LogP contribution in [0.4, 0.5) is 4.39 Å². The van der Waals surface area contributed by atoms with Gasteiger partial charge in [0, 0.05) is 24.2 Å². The number of rotatable bonds is 4. The molecular formula is C17H22FNO2. The summed E-state index contributed by atoms with van der Waals surface area (Å²) in [6.07, 6.45) is 4.73. The summed E-state index contributed by atoms with van der Waals surface area (Å²) in [7, 11) is 0. The van der Waals surface area contributed by atoms with Crippen LogP contribution in [0.1, 0.15) is 37.8 Å². The van der Waals surface area contributed by atoms with Crippen molar-refractivity contribution in [3.63, 3.8) is 0 Å². The quantitative estimate of drug-likeness (QED) is 0.863. The van der Waals surface area contributed by atoms with Crippen molar-refractivity contribution in [3.8, 4) is 0 Å². The van der Waals surface area contributed by atoms with Crippen LogP contribution in [0, 0.1) is 11.7 Å². The lowest BCUT2D eigenvalue weighted by Crippen LogP contribution is -2.41.